The van der Waals surface area contributed by atoms with Crippen LogP contribution in [0.3, 0.4) is 0 Å². The molecule has 0 aliphatic carbocycles. The third kappa shape index (κ3) is 6.86. The first-order valence-electron chi connectivity index (χ1n) is 10.9. The van der Waals surface area contributed by atoms with Crippen molar-refractivity contribution in [3.8, 4) is 11.5 Å². The fourth-order valence-electron chi connectivity index (χ4n) is 3.47. The van der Waals surface area contributed by atoms with E-state index in [9.17, 15) is 13.2 Å². The van der Waals surface area contributed by atoms with Gasteiger partial charge in [0.2, 0.25) is 0 Å². The number of aromatic nitrogens is 2. The van der Waals surface area contributed by atoms with Gasteiger partial charge >= 0.3 is 6.18 Å². The minimum atomic E-state index is -4.50. The summed E-state index contributed by atoms with van der Waals surface area (Å²) >= 11 is 0. The summed E-state index contributed by atoms with van der Waals surface area (Å²) in [6, 6.07) is 6.42. The lowest BCUT2D eigenvalue weighted by Crippen LogP contribution is -2.13. The molecule has 1 atom stereocenters. The van der Waals surface area contributed by atoms with E-state index >= 15 is 0 Å². The molecular weight excluding hydrogens is 465 g/mol. The lowest BCUT2D eigenvalue weighted by molar-refractivity contribution is -0.137. The highest BCUT2D eigenvalue weighted by molar-refractivity contribution is 5.92. The minimum Gasteiger partial charge on any atom is -0.493 e. The van der Waals surface area contributed by atoms with Gasteiger partial charge in [0, 0.05) is 24.2 Å². The van der Waals surface area contributed by atoms with Gasteiger partial charge in [-0.05, 0) is 43.7 Å². The molecule has 3 aromatic rings. The summed E-state index contributed by atoms with van der Waals surface area (Å²) in [4.78, 5) is 8.94. The fraction of sp³-hybridized carbons (Fsp3) is 0.417. The number of methoxy groups -OCH3 is 2. The molecule has 0 aliphatic rings. The van der Waals surface area contributed by atoms with E-state index in [0.29, 0.717) is 59.4 Å². The number of halogens is 3. The van der Waals surface area contributed by atoms with Gasteiger partial charge in [-0.2, -0.15) is 13.2 Å². The monoisotopic (exact) mass is 494 g/mol. The van der Waals surface area contributed by atoms with E-state index in [2.05, 4.69) is 15.3 Å². The number of aryl methyl sites for hydroxylation is 1. The highest BCUT2D eigenvalue weighted by atomic mass is 19.4. The summed E-state index contributed by atoms with van der Waals surface area (Å²) in [5.74, 6) is 1.87. The Balaban J connectivity index is 1.89. The number of nitrogens with zero attached hydrogens (tertiary/aromatic N) is 2. The van der Waals surface area contributed by atoms with Crippen molar-refractivity contribution in [2.75, 3.05) is 51.7 Å². The van der Waals surface area contributed by atoms with Gasteiger partial charge in [0.05, 0.1) is 44.1 Å². The minimum absolute atomic E-state index is 0.0281. The molecule has 1 aromatic heterocycles. The number of alkyl halides is 3. The van der Waals surface area contributed by atoms with Gasteiger partial charge in [-0.1, -0.05) is 0 Å². The standard InChI is InChI=1S/C24H29F3N4O4/c1-14(16-9-17(24(25,26)27)11-18(28)10-16)29-23-19-12-22(35-8-7-34-6-5-32-3)21(33-4)13-20(19)30-15(2)31-23/h9-14H,5-8,28H2,1-4H3,(H,29,30,31)/t14-/m1/s1. The van der Waals surface area contributed by atoms with Gasteiger partial charge in [0.25, 0.3) is 0 Å². The molecule has 2 aromatic carbocycles. The van der Waals surface area contributed by atoms with Gasteiger partial charge in [-0.25, -0.2) is 9.97 Å². The maximum Gasteiger partial charge on any atom is 0.416 e. The van der Waals surface area contributed by atoms with Crippen molar-refractivity contribution >= 4 is 22.4 Å². The number of anilines is 2. The van der Waals surface area contributed by atoms with Crippen molar-refractivity contribution in [1.29, 1.82) is 0 Å². The number of hydrogen-bond acceptors (Lipinski definition) is 8. The Bertz CT molecular complexity index is 1160. The van der Waals surface area contributed by atoms with Crippen LogP contribution in [0.25, 0.3) is 10.9 Å². The zero-order valence-corrected chi connectivity index (χ0v) is 20.0. The van der Waals surface area contributed by atoms with Gasteiger partial charge in [-0.3, -0.25) is 0 Å². The highest BCUT2D eigenvalue weighted by Gasteiger charge is 2.31. The highest BCUT2D eigenvalue weighted by Crippen LogP contribution is 2.36. The van der Waals surface area contributed by atoms with Crippen LogP contribution in [-0.4, -0.2) is 50.6 Å². The quantitative estimate of drug-likeness (QED) is 0.291. The molecule has 0 spiro atoms. The third-order valence-corrected chi connectivity index (χ3v) is 5.17. The summed E-state index contributed by atoms with van der Waals surface area (Å²) in [5, 5.41) is 3.82. The van der Waals surface area contributed by atoms with E-state index in [0.717, 1.165) is 12.1 Å². The molecule has 0 saturated carbocycles. The van der Waals surface area contributed by atoms with E-state index < -0.39 is 17.8 Å². The average molecular weight is 495 g/mol. The molecule has 0 fully saturated rings. The first kappa shape index (κ1) is 26.3. The van der Waals surface area contributed by atoms with Crippen LogP contribution in [0.2, 0.25) is 0 Å². The first-order chi connectivity index (χ1) is 16.6. The molecule has 3 N–H and O–H groups in total. The summed E-state index contributed by atoms with van der Waals surface area (Å²) in [6.07, 6.45) is -4.50. The van der Waals surface area contributed by atoms with Gasteiger partial charge in [0.15, 0.2) is 11.5 Å². The molecule has 0 unspecified atom stereocenters. The van der Waals surface area contributed by atoms with Crippen LogP contribution in [0.4, 0.5) is 24.7 Å². The predicted octanol–water partition coefficient (Wildman–Crippen LogP) is 4.76. The molecule has 1 heterocycles. The molecular formula is C24H29F3N4O4. The van der Waals surface area contributed by atoms with E-state index in [1.165, 1.54) is 13.2 Å². The van der Waals surface area contributed by atoms with Gasteiger partial charge in [-0.15, -0.1) is 0 Å². The van der Waals surface area contributed by atoms with Crippen molar-refractivity contribution in [2.24, 2.45) is 0 Å². The Morgan fingerprint density at radius 3 is 2.40 bits per heavy atom. The average Bonchev–Trinajstić information content (AvgIpc) is 2.80. The van der Waals surface area contributed by atoms with Gasteiger partial charge < -0.3 is 30.0 Å². The number of rotatable bonds is 11. The van der Waals surface area contributed by atoms with Crippen LogP contribution in [0.15, 0.2) is 30.3 Å². The molecule has 0 aliphatic heterocycles. The second kappa shape index (κ2) is 11.4. The van der Waals surface area contributed by atoms with Crippen molar-refractivity contribution in [3.05, 3.63) is 47.3 Å². The largest absolute Gasteiger partial charge is 0.493 e. The van der Waals surface area contributed by atoms with Crippen LogP contribution in [0, 0.1) is 6.92 Å². The molecule has 3 rings (SSSR count). The number of nitrogens with one attached hydrogen (secondary N) is 1. The third-order valence-electron chi connectivity index (χ3n) is 5.17. The molecule has 0 saturated heterocycles. The molecule has 0 amide bonds. The second-order valence-electron chi connectivity index (χ2n) is 7.85. The summed E-state index contributed by atoms with van der Waals surface area (Å²) in [5.41, 5.74) is 5.93. The SMILES string of the molecule is COCCOCCOc1cc2c(N[C@H](C)c3cc(N)cc(C(F)(F)F)c3)nc(C)nc2cc1OC. The topological polar surface area (TPSA) is 101 Å². The van der Waals surface area contributed by atoms with Crippen molar-refractivity contribution in [1.82, 2.24) is 9.97 Å². The van der Waals surface area contributed by atoms with E-state index in [1.807, 2.05) is 0 Å². The molecule has 190 valence electrons. The summed E-state index contributed by atoms with van der Waals surface area (Å²) in [6.45, 7) is 5.03. The van der Waals surface area contributed by atoms with E-state index in [-0.39, 0.29) is 12.3 Å². The second-order valence-corrected chi connectivity index (χ2v) is 7.85. The Morgan fingerprint density at radius 2 is 1.71 bits per heavy atom. The lowest BCUT2D eigenvalue weighted by Gasteiger charge is -2.20. The molecule has 8 nitrogen and oxygen atoms in total. The summed E-state index contributed by atoms with van der Waals surface area (Å²) < 4.78 is 61.5. The number of fused-ring (bicyclic) bond motifs is 1. The van der Waals surface area contributed by atoms with Crippen LogP contribution >= 0.6 is 0 Å². The van der Waals surface area contributed by atoms with Crippen molar-refractivity contribution < 1.29 is 32.1 Å². The zero-order valence-electron chi connectivity index (χ0n) is 20.0. The maximum absolute atomic E-state index is 13.3. The number of benzene rings is 2. The fourth-order valence-corrected chi connectivity index (χ4v) is 3.47. The van der Waals surface area contributed by atoms with Crippen LogP contribution < -0.4 is 20.5 Å². The number of nitrogen functional groups attached to an aromatic ring is 1. The van der Waals surface area contributed by atoms with Crippen LogP contribution in [0.1, 0.15) is 29.9 Å². The molecule has 35 heavy (non-hydrogen) atoms. The lowest BCUT2D eigenvalue weighted by atomic mass is 10.0. The zero-order chi connectivity index (χ0) is 25.6. The molecule has 0 bridgehead atoms. The molecule has 0 radical (unpaired) electrons. The number of hydrogen-bond donors (Lipinski definition) is 2. The van der Waals surface area contributed by atoms with Crippen molar-refractivity contribution in [2.45, 2.75) is 26.1 Å². The van der Waals surface area contributed by atoms with E-state index in [1.54, 1.807) is 33.1 Å². The Morgan fingerprint density at radius 1 is 0.971 bits per heavy atom. The van der Waals surface area contributed by atoms with Gasteiger partial charge in [0.1, 0.15) is 18.2 Å². The molecule has 11 heteroatoms. The number of ether oxygens (including phenoxy) is 4. The Labute approximate surface area is 201 Å². The Kier molecular flexibility index (Phi) is 8.57. The first-order valence-corrected chi connectivity index (χ1v) is 10.9. The number of nitrogens with two attached hydrogens (primary N) is 1. The smallest absolute Gasteiger partial charge is 0.416 e. The summed E-state index contributed by atoms with van der Waals surface area (Å²) in [7, 11) is 3.12. The normalized spacial score (nSPS) is 12.5. The van der Waals surface area contributed by atoms with Crippen molar-refractivity contribution in [3.63, 3.8) is 0 Å². The Hall–Kier alpha value is -3.31. The van der Waals surface area contributed by atoms with Crippen LogP contribution in [-0.2, 0) is 15.7 Å². The maximum atomic E-state index is 13.3. The van der Waals surface area contributed by atoms with Crippen LogP contribution in [0.5, 0.6) is 11.5 Å². The predicted molar refractivity (Wildman–Crippen MR) is 127 cm³/mol. The van der Waals surface area contributed by atoms with E-state index in [4.69, 9.17) is 24.7 Å².